The summed E-state index contributed by atoms with van der Waals surface area (Å²) in [5, 5.41) is 3.46. The van der Waals surface area contributed by atoms with Gasteiger partial charge in [-0.05, 0) is 44.0 Å². The van der Waals surface area contributed by atoms with E-state index in [0.717, 1.165) is 26.9 Å². The van der Waals surface area contributed by atoms with Crippen molar-refractivity contribution in [3.63, 3.8) is 0 Å². The minimum Gasteiger partial charge on any atom is -0.398 e. The van der Waals surface area contributed by atoms with E-state index in [4.69, 9.17) is 5.73 Å². The van der Waals surface area contributed by atoms with E-state index >= 15 is 0 Å². The van der Waals surface area contributed by atoms with E-state index in [1.54, 1.807) is 0 Å². The van der Waals surface area contributed by atoms with Gasteiger partial charge >= 0.3 is 0 Å². The SMILES string of the molecule is Cc1cc(C)c(C(=O)Nc2nc3cccc(N)c3s2)c(C)c1. The molecule has 0 saturated carbocycles. The van der Waals surface area contributed by atoms with Gasteiger partial charge in [-0.25, -0.2) is 4.98 Å². The molecule has 3 rings (SSSR count). The Kier molecular flexibility index (Phi) is 3.58. The molecule has 0 spiro atoms. The van der Waals surface area contributed by atoms with Crippen LogP contribution < -0.4 is 11.1 Å². The second-order valence-corrected chi connectivity index (χ2v) is 6.44. The maximum Gasteiger partial charge on any atom is 0.257 e. The van der Waals surface area contributed by atoms with Crippen LogP contribution in [-0.2, 0) is 0 Å². The number of benzene rings is 2. The molecule has 0 atom stereocenters. The quantitative estimate of drug-likeness (QED) is 0.701. The van der Waals surface area contributed by atoms with Gasteiger partial charge in [-0.1, -0.05) is 35.1 Å². The molecular formula is C17H17N3OS. The Balaban J connectivity index is 1.95. The highest BCUT2D eigenvalue weighted by atomic mass is 32.1. The summed E-state index contributed by atoms with van der Waals surface area (Å²) in [5.74, 6) is -0.132. The van der Waals surface area contributed by atoms with E-state index in [9.17, 15) is 4.79 Å². The first-order valence-electron chi connectivity index (χ1n) is 7.00. The summed E-state index contributed by atoms with van der Waals surface area (Å²) in [7, 11) is 0. The number of rotatable bonds is 2. The Morgan fingerprint density at radius 3 is 2.50 bits per heavy atom. The zero-order chi connectivity index (χ0) is 15.9. The average Bonchev–Trinajstić information content (AvgIpc) is 2.81. The number of amides is 1. The number of nitrogens with one attached hydrogen (secondary N) is 1. The number of fused-ring (bicyclic) bond motifs is 1. The summed E-state index contributed by atoms with van der Waals surface area (Å²) in [4.78, 5) is 17.0. The lowest BCUT2D eigenvalue weighted by molar-refractivity contribution is 0.102. The van der Waals surface area contributed by atoms with Crippen LogP contribution in [0.25, 0.3) is 10.2 Å². The number of carbonyl (C=O) groups is 1. The van der Waals surface area contributed by atoms with Crippen LogP contribution in [0, 0.1) is 20.8 Å². The molecule has 1 aromatic heterocycles. The van der Waals surface area contributed by atoms with Gasteiger partial charge in [-0.15, -0.1) is 0 Å². The van der Waals surface area contributed by atoms with Crippen LogP contribution in [0.1, 0.15) is 27.0 Å². The first-order valence-corrected chi connectivity index (χ1v) is 7.81. The van der Waals surface area contributed by atoms with Gasteiger partial charge in [0.1, 0.15) is 0 Å². The largest absolute Gasteiger partial charge is 0.398 e. The topological polar surface area (TPSA) is 68.0 Å². The minimum atomic E-state index is -0.132. The molecule has 0 saturated heterocycles. The molecule has 1 amide bonds. The second-order valence-electron chi connectivity index (χ2n) is 5.44. The van der Waals surface area contributed by atoms with Gasteiger partial charge in [-0.3, -0.25) is 10.1 Å². The fraction of sp³-hybridized carbons (Fsp3) is 0.176. The fourth-order valence-electron chi connectivity index (χ4n) is 2.72. The molecule has 4 nitrogen and oxygen atoms in total. The lowest BCUT2D eigenvalue weighted by Gasteiger charge is -2.10. The number of anilines is 2. The average molecular weight is 311 g/mol. The molecule has 3 N–H and O–H groups in total. The van der Waals surface area contributed by atoms with Crippen LogP contribution >= 0.6 is 11.3 Å². The van der Waals surface area contributed by atoms with E-state index in [-0.39, 0.29) is 5.91 Å². The summed E-state index contributed by atoms with van der Waals surface area (Å²) < 4.78 is 0.898. The molecular weight excluding hydrogens is 294 g/mol. The van der Waals surface area contributed by atoms with Gasteiger partial charge in [0.05, 0.1) is 15.9 Å². The Morgan fingerprint density at radius 2 is 1.86 bits per heavy atom. The van der Waals surface area contributed by atoms with Gasteiger partial charge in [0.2, 0.25) is 0 Å². The summed E-state index contributed by atoms with van der Waals surface area (Å²) in [6.07, 6.45) is 0. The number of nitrogens with two attached hydrogens (primary N) is 1. The molecule has 1 heterocycles. The molecule has 0 aliphatic rings. The first-order chi connectivity index (χ1) is 10.5. The highest BCUT2D eigenvalue weighted by molar-refractivity contribution is 7.23. The van der Waals surface area contributed by atoms with Crippen LogP contribution in [0.4, 0.5) is 10.8 Å². The van der Waals surface area contributed by atoms with E-state index < -0.39 is 0 Å². The third kappa shape index (κ3) is 2.55. The highest BCUT2D eigenvalue weighted by Crippen LogP contribution is 2.31. The van der Waals surface area contributed by atoms with Gasteiger partial charge in [0, 0.05) is 5.56 Å². The molecule has 0 bridgehead atoms. The molecule has 112 valence electrons. The lowest BCUT2D eigenvalue weighted by Crippen LogP contribution is -2.15. The number of thiazole rings is 1. The van der Waals surface area contributed by atoms with Crippen molar-refractivity contribution in [3.8, 4) is 0 Å². The van der Waals surface area contributed by atoms with Gasteiger partial charge < -0.3 is 5.73 Å². The maximum absolute atomic E-state index is 12.6. The molecule has 5 heteroatoms. The normalized spacial score (nSPS) is 10.9. The predicted octanol–water partition coefficient (Wildman–Crippen LogP) is 4.06. The molecule has 22 heavy (non-hydrogen) atoms. The molecule has 0 unspecified atom stereocenters. The zero-order valence-corrected chi connectivity index (χ0v) is 13.5. The van der Waals surface area contributed by atoms with Crippen LogP contribution in [-0.4, -0.2) is 10.9 Å². The third-order valence-electron chi connectivity index (χ3n) is 3.57. The van der Waals surface area contributed by atoms with Crippen molar-refractivity contribution in [2.75, 3.05) is 11.1 Å². The number of aryl methyl sites for hydroxylation is 3. The van der Waals surface area contributed by atoms with Crippen molar-refractivity contribution >= 4 is 38.3 Å². The molecule has 2 aromatic carbocycles. The fourth-order valence-corrected chi connectivity index (χ4v) is 3.61. The molecule has 3 aromatic rings. The number of hydrogen-bond acceptors (Lipinski definition) is 4. The van der Waals surface area contributed by atoms with Crippen molar-refractivity contribution in [2.45, 2.75) is 20.8 Å². The van der Waals surface area contributed by atoms with Crippen molar-refractivity contribution in [3.05, 3.63) is 52.6 Å². The highest BCUT2D eigenvalue weighted by Gasteiger charge is 2.15. The van der Waals surface area contributed by atoms with Gasteiger partial charge in [0.25, 0.3) is 5.91 Å². The van der Waals surface area contributed by atoms with Crippen LogP contribution in [0.3, 0.4) is 0 Å². The van der Waals surface area contributed by atoms with Crippen LogP contribution in [0.15, 0.2) is 30.3 Å². The smallest absolute Gasteiger partial charge is 0.257 e. The number of nitrogens with zero attached hydrogens (tertiary/aromatic N) is 1. The summed E-state index contributed by atoms with van der Waals surface area (Å²) in [6, 6.07) is 9.61. The van der Waals surface area contributed by atoms with Crippen molar-refractivity contribution in [1.29, 1.82) is 0 Å². The number of aromatic nitrogens is 1. The number of carbonyl (C=O) groups excluding carboxylic acids is 1. The number of hydrogen-bond donors (Lipinski definition) is 2. The zero-order valence-electron chi connectivity index (χ0n) is 12.7. The van der Waals surface area contributed by atoms with Crippen molar-refractivity contribution in [1.82, 2.24) is 4.98 Å². The minimum absolute atomic E-state index is 0.132. The Morgan fingerprint density at radius 1 is 1.18 bits per heavy atom. The number of nitrogen functional groups attached to an aromatic ring is 1. The predicted molar refractivity (Wildman–Crippen MR) is 92.6 cm³/mol. The summed E-state index contributed by atoms with van der Waals surface area (Å²) in [5.41, 5.74) is 11.2. The van der Waals surface area contributed by atoms with Crippen molar-refractivity contribution < 1.29 is 4.79 Å². The van der Waals surface area contributed by atoms with E-state index in [0.29, 0.717) is 16.4 Å². The van der Waals surface area contributed by atoms with Crippen LogP contribution in [0.2, 0.25) is 0 Å². The third-order valence-corrected chi connectivity index (χ3v) is 4.61. The lowest BCUT2D eigenvalue weighted by atomic mass is 9.99. The molecule has 0 radical (unpaired) electrons. The van der Waals surface area contributed by atoms with Gasteiger partial charge in [-0.2, -0.15) is 0 Å². The Labute approximate surface area is 133 Å². The monoisotopic (exact) mass is 311 g/mol. The van der Waals surface area contributed by atoms with E-state index in [1.165, 1.54) is 11.3 Å². The van der Waals surface area contributed by atoms with Gasteiger partial charge in [0.15, 0.2) is 5.13 Å². The molecule has 0 aliphatic carbocycles. The molecule has 0 fully saturated rings. The standard InChI is InChI=1S/C17H17N3OS/c1-9-7-10(2)14(11(3)8-9)16(21)20-17-19-13-6-4-5-12(18)15(13)22-17/h4-8H,18H2,1-3H3,(H,19,20,21). The van der Waals surface area contributed by atoms with E-state index in [1.807, 2.05) is 51.1 Å². The Hall–Kier alpha value is -2.40. The molecule has 0 aliphatic heterocycles. The van der Waals surface area contributed by atoms with Crippen LogP contribution in [0.5, 0.6) is 0 Å². The summed E-state index contributed by atoms with van der Waals surface area (Å²) in [6.45, 7) is 5.93. The Bertz CT molecular complexity index is 860. The van der Waals surface area contributed by atoms with Crippen molar-refractivity contribution in [2.24, 2.45) is 0 Å². The second kappa shape index (κ2) is 5.42. The van der Waals surface area contributed by atoms with E-state index in [2.05, 4.69) is 10.3 Å². The summed E-state index contributed by atoms with van der Waals surface area (Å²) >= 11 is 1.39. The maximum atomic E-state index is 12.6. The first kappa shape index (κ1) is 14.5.